The summed E-state index contributed by atoms with van der Waals surface area (Å²) >= 11 is 0. The molecule has 0 saturated carbocycles. The van der Waals surface area contributed by atoms with Crippen molar-refractivity contribution in [1.29, 1.82) is 0 Å². The van der Waals surface area contributed by atoms with Gasteiger partial charge in [-0.05, 0) is 31.0 Å². The van der Waals surface area contributed by atoms with Crippen molar-refractivity contribution in [2.24, 2.45) is 0 Å². The van der Waals surface area contributed by atoms with Crippen LogP contribution < -0.4 is 10.6 Å². The summed E-state index contributed by atoms with van der Waals surface area (Å²) in [5.41, 5.74) is 2.43. The van der Waals surface area contributed by atoms with Crippen molar-refractivity contribution in [3.63, 3.8) is 0 Å². The molecule has 8 heteroatoms. The van der Waals surface area contributed by atoms with Gasteiger partial charge in [-0.2, -0.15) is 0 Å². The third-order valence-electron chi connectivity index (χ3n) is 4.26. The number of rotatable bonds is 4. The Hall–Kier alpha value is -3.16. The molecule has 2 amide bonds. The Balaban J connectivity index is 1.65. The van der Waals surface area contributed by atoms with Crippen LogP contribution in [0.2, 0.25) is 0 Å². The lowest BCUT2D eigenvalue weighted by Crippen LogP contribution is -2.41. The molecule has 1 aromatic carbocycles. The molecule has 0 atom stereocenters. The van der Waals surface area contributed by atoms with Gasteiger partial charge in [-0.1, -0.05) is 12.1 Å². The third kappa shape index (κ3) is 4.47. The van der Waals surface area contributed by atoms with E-state index in [-0.39, 0.29) is 11.9 Å². The Bertz CT molecular complexity index is 786. The fourth-order valence-electron chi connectivity index (χ4n) is 2.91. The summed E-state index contributed by atoms with van der Waals surface area (Å²) in [6.07, 6.45) is 2.28. The topological polar surface area (TPSA) is 107 Å². The van der Waals surface area contributed by atoms with Crippen LogP contribution in [0.5, 0.6) is 0 Å². The van der Waals surface area contributed by atoms with Crippen LogP contribution in [0.4, 0.5) is 16.4 Å². The molecule has 1 fully saturated rings. The van der Waals surface area contributed by atoms with Crippen molar-refractivity contribution in [3.8, 4) is 11.3 Å². The van der Waals surface area contributed by atoms with Crippen LogP contribution >= 0.6 is 0 Å². The summed E-state index contributed by atoms with van der Waals surface area (Å²) < 4.78 is 0. The quantitative estimate of drug-likeness (QED) is 0.778. The van der Waals surface area contributed by atoms with E-state index in [1.165, 1.54) is 11.8 Å². The fourth-order valence-corrected chi connectivity index (χ4v) is 2.91. The molecule has 0 aliphatic carbocycles. The fraction of sp³-hybridized carbons (Fsp3) is 0.333. The SMILES string of the molecule is CC(=O)Nc1ccc(-c2ccnc(NC3CCN(C(=O)O)CC3)n2)cc1. The van der Waals surface area contributed by atoms with E-state index >= 15 is 0 Å². The second kappa shape index (κ2) is 7.81. The van der Waals surface area contributed by atoms with E-state index in [0.717, 1.165) is 29.8 Å². The number of anilines is 2. The molecule has 3 rings (SSSR count). The maximum Gasteiger partial charge on any atom is 0.407 e. The molecule has 1 aliphatic rings. The van der Waals surface area contributed by atoms with E-state index in [1.807, 2.05) is 30.3 Å². The predicted molar refractivity (Wildman–Crippen MR) is 98.0 cm³/mol. The Morgan fingerprint density at radius 3 is 2.46 bits per heavy atom. The van der Waals surface area contributed by atoms with Crippen molar-refractivity contribution < 1.29 is 14.7 Å². The van der Waals surface area contributed by atoms with Gasteiger partial charge in [-0.3, -0.25) is 4.79 Å². The molecule has 3 N–H and O–H groups in total. The molecular formula is C18H21N5O3. The summed E-state index contributed by atoms with van der Waals surface area (Å²) in [5, 5.41) is 15.0. The van der Waals surface area contributed by atoms with Crippen molar-refractivity contribution >= 4 is 23.6 Å². The highest BCUT2D eigenvalue weighted by molar-refractivity contribution is 5.88. The lowest BCUT2D eigenvalue weighted by atomic mass is 10.1. The molecule has 26 heavy (non-hydrogen) atoms. The minimum absolute atomic E-state index is 0.111. The first kappa shape index (κ1) is 17.7. The Labute approximate surface area is 151 Å². The molecule has 2 aromatic rings. The number of carbonyl (C=O) groups is 2. The van der Waals surface area contributed by atoms with E-state index in [4.69, 9.17) is 5.11 Å². The first-order valence-electron chi connectivity index (χ1n) is 8.47. The van der Waals surface area contributed by atoms with Crippen molar-refractivity contribution in [2.75, 3.05) is 23.7 Å². The van der Waals surface area contributed by atoms with E-state index < -0.39 is 6.09 Å². The molecule has 136 valence electrons. The number of carbonyl (C=O) groups excluding carboxylic acids is 1. The zero-order chi connectivity index (χ0) is 18.5. The van der Waals surface area contributed by atoms with E-state index in [1.54, 1.807) is 6.20 Å². The number of likely N-dealkylation sites (tertiary alicyclic amines) is 1. The van der Waals surface area contributed by atoms with Gasteiger partial charge < -0.3 is 20.6 Å². The van der Waals surface area contributed by atoms with Gasteiger partial charge in [0.05, 0.1) is 5.69 Å². The highest BCUT2D eigenvalue weighted by Gasteiger charge is 2.22. The highest BCUT2D eigenvalue weighted by Crippen LogP contribution is 2.21. The number of amides is 2. The van der Waals surface area contributed by atoms with Gasteiger partial charge in [0.25, 0.3) is 0 Å². The minimum atomic E-state index is -0.871. The summed E-state index contributed by atoms with van der Waals surface area (Å²) in [6, 6.07) is 9.42. The van der Waals surface area contributed by atoms with E-state index in [9.17, 15) is 9.59 Å². The second-order valence-corrected chi connectivity index (χ2v) is 6.21. The second-order valence-electron chi connectivity index (χ2n) is 6.21. The first-order valence-corrected chi connectivity index (χ1v) is 8.47. The van der Waals surface area contributed by atoms with Crippen molar-refractivity contribution in [1.82, 2.24) is 14.9 Å². The number of benzene rings is 1. The van der Waals surface area contributed by atoms with Gasteiger partial charge >= 0.3 is 6.09 Å². The summed E-state index contributed by atoms with van der Waals surface area (Å²) in [5.74, 6) is 0.419. The standard InChI is InChI=1S/C18H21N5O3/c1-12(24)20-14-4-2-13(3-5-14)16-6-9-19-17(22-16)21-15-7-10-23(11-8-15)18(25)26/h2-6,9,15H,7-8,10-11H2,1H3,(H,20,24)(H,25,26)(H,19,21,22). The van der Waals surface area contributed by atoms with Gasteiger partial charge in [-0.25, -0.2) is 14.8 Å². The lowest BCUT2D eigenvalue weighted by Gasteiger charge is -2.30. The summed E-state index contributed by atoms with van der Waals surface area (Å²) in [7, 11) is 0. The molecule has 1 aliphatic heterocycles. The van der Waals surface area contributed by atoms with Crippen LogP contribution in [0.3, 0.4) is 0 Å². The molecule has 0 spiro atoms. The van der Waals surface area contributed by atoms with Gasteiger partial charge in [0.15, 0.2) is 0 Å². The number of nitrogens with zero attached hydrogens (tertiary/aromatic N) is 3. The molecule has 0 radical (unpaired) electrons. The van der Waals surface area contributed by atoms with Crippen LogP contribution in [-0.4, -0.2) is 51.1 Å². The average molecular weight is 355 g/mol. The molecule has 0 bridgehead atoms. The van der Waals surface area contributed by atoms with Gasteiger partial charge in [0.1, 0.15) is 0 Å². The number of nitrogens with one attached hydrogen (secondary N) is 2. The van der Waals surface area contributed by atoms with E-state index in [0.29, 0.717) is 19.0 Å². The molecule has 0 unspecified atom stereocenters. The Kier molecular flexibility index (Phi) is 5.31. The normalized spacial score (nSPS) is 14.7. The minimum Gasteiger partial charge on any atom is -0.465 e. The average Bonchev–Trinajstić information content (AvgIpc) is 2.62. The van der Waals surface area contributed by atoms with Crippen LogP contribution in [0.15, 0.2) is 36.5 Å². The Morgan fingerprint density at radius 1 is 1.15 bits per heavy atom. The number of carboxylic acid groups (broad SMARTS) is 1. The van der Waals surface area contributed by atoms with Gasteiger partial charge in [-0.15, -0.1) is 0 Å². The summed E-state index contributed by atoms with van der Waals surface area (Å²) in [6.45, 7) is 2.49. The monoisotopic (exact) mass is 355 g/mol. The first-order chi connectivity index (χ1) is 12.5. The lowest BCUT2D eigenvalue weighted by molar-refractivity contribution is -0.114. The molecule has 2 heterocycles. The Morgan fingerprint density at radius 2 is 1.85 bits per heavy atom. The van der Waals surface area contributed by atoms with E-state index in [2.05, 4.69) is 20.6 Å². The van der Waals surface area contributed by atoms with Crippen molar-refractivity contribution in [3.05, 3.63) is 36.5 Å². The maximum atomic E-state index is 11.1. The summed E-state index contributed by atoms with van der Waals surface area (Å²) in [4.78, 5) is 32.3. The zero-order valence-corrected chi connectivity index (χ0v) is 14.5. The van der Waals surface area contributed by atoms with Crippen LogP contribution in [0, 0.1) is 0 Å². The maximum absolute atomic E-state index is 11.1. The number of piperidine rings is 1. The number of aromatic nitrogens is 2. The molecular weight excluding hydrogens is 334 g/mol. The smallest absolute Gasteiger partial charge is 0.407 e. The van der Waals surface area contributed by atoms with Crippen molar-refractivity contribution in [2.45, 2.75) is 25.8 Å². The van der Waals surface area contributed by atoms with Crippen LogP contribution in [-0.2, 0) is 4.79 Å². The largest absolute Gasteiger partial charge is 0.465 e. The van der Waals surface area contributed by atoms with Gasteiger partial charge in [0.2, 0.25) is 11.9 Å². The number of hydrogen-bond acceptors (Lipinski definition) is 5. The highest BCUT2D eigenvalue weighted by atomic mass is 16.4. The molecule has 8 nitrogen and oxygen atoms in total. The number of hydrogen-bond donors (Lipinski definition) is 3. The van der Waals surface area contributed by atoms with Gasteiger partial charge in [0, 0.05) is 43.5 Å². The van der Waals surface area contributed by atoms with Crippen LogP contribution in [0.1, 0.15) is 19.8 Å². The molecule has 1 aromatic heterocycles. The third-order valence-corrected chi connectivity index (χ3v) is 4.26. The zero-order valence-electron chi connectivity index (χ0n) is 14.5. The predicted octanol–water partition coefficient (Wildman–Crippen LogP) is 2.66. The van der Waals surface area contributed by atoms with Crippen LogP contribution in [0.25, 0.3) is 11.3 Å². The molecule has 1 saturated heterocycles.